The van der Waals surface area contributed by atoms with Crippen molar-refractivity contribution in [3.05, 3.63) is 28.2 Å². The molecule has 1 saturated heterocycles. The van der Waals surface area contributed by atoms with Crippen LogP contribution in [0.15, 0.2) is 22.7 Å². The smallest absolute Gasteiger partial charge is 0.319 e. The molecule has 2 aliphatic rings. The molecule has 0 spiro atoms. The maximum absolute atomic E-state index is 11.9. The minimum absolute atomic E-state index is 0.00730. The van der Waals surface area contributed by atoms with Crippen LogP contribution in [0.25, 0.3) is 0 Å². The summed E-state index contributed by atoms with van der Waals surface area (Å²) in [6.45, 7) is 1.94. The van der Waals surface area contributed by atoms with Crippen LogP contribution in [0.5, 0.6) is 0 Å². The van der Waals surface area contributed by atoms with Gasteiger partial charge in [-0.15, -0.1) is 21.5 Å². The highest BCUT2D eigenvalue weighted by Gasteiger charge is 2.36. The number of hydrogen-bond acceptors (Lipinski definition) is 6. The van der Waals surface area contributed by atoms with Crippen LogP contribution in [0.1, 0.15) is 42.9 Å². The molecule has 3 heterocycles. The Hall–Kier alpha value is -1.34. The zero-order valence-corrected chi connectivity index (χ0v) is 13.9. The van der Waals surface area contributed by atoms with Crippen LogP contribution in [0, 0.1) is 0 Å². The molecule has 2 atom stereocenters. The summed E-state index contributed by atoms with van der Waals surface area (Å²) in [5.41, 5.74) is 0. The zero-order chi connectivity index (χ0) is 15.1. The van der Waals surface area contributed by atoms with E-state index in [2.05, 4.69) is 32.3 Å². The molecule has 5 nitrogen and oxygen atoms in total. The standard InChI is InChI=1S/C15H17N3O2S2/c1-9-7-12(14(19)20-9)22-15-17-16-13(18(15)10-4-5-10)8-11-3-2-6-21-11/h2-3,6,9-10,12H,4-5,7-8H2,1H3/t9-,12+/m1/s1. The van der Waals surface area contributed by atoms with Crippen molar-refractivity contribution in [2.75, 3.05) is 0 Å². The fraction of sp³-hybridized carbons (Fsp3) is 0.533. The normalized spacial score (nSPS) is 24.7. The van der Waals surface area contributed by atoms with Gasteiger partial charge in [-0.3, -0.25) is 4.79 Å². The van der Waals surface area contributed by atoms with Gasteiger partial charge in [-0.1, -0.05) is 17.8 Å². The molecule has 0 aromatic carbocycles. The third-order valence-electron chi connectivity index (χ3n) is 3.93. The maximum Gasteiger partial charge on any atom is 0.319 e. The number of hydrogen-bond donors (Lipinski definition) is 0. The van der Waals surface area contributed by atoms with E-state index >= 15 is 0 Å². The summed E-state index contributed by atoms with van der Waals surface area (Å²) in [5.74, 6) is 0.884. The summed E-state index contributed by atoms with van der Waals surface area (Å²) in [4.78, 5) is 13.1. The summed E-state index contributed by atoms with van der Waals surface area (Å²) in [6, 6.07) is 4.69. The molecule has 2 fully saturated rings. The van der Waals surface area contributed by atoms with Crippen molar-refractivity contribution >= 4 is 29.1 Å². The molecule has 1 saturated carbocycles. The van der Waals surface area contributed by atoms with Gasteiger partial charge < -0.3 is 9.30 Å². The molecule has 2 aromatic heterocycles. The number of rotatable bonds is 5. The first-order valence-corrected chi connectivity index (χ1v) is 9.30. The first-order valence-electron chi connectivity index (χ1n) is 7.54. The third-order valence-corrected chi connectivity index (χ3v) is 5.97. The van der Waals surface area contributed by atoms with Gasteiger partial charge in [-0.2, -0.15) is 0 Å². The van der Waals surface area contributed by atoms with E-state index in [1.807, 2.05) is 6.92 Å². The molecule has 1 aliphatic heterocycles. The highest BCUT2D eigenvalue weighted by molar-refractivity contribution is 8.00. The van der Waals surface area contributed by atoms with E-state index in [4.69, 9.17) is 4.74 Å². The van der Waals surface area contributed by atoms with Gasteiger partial charge >= 0.3 is 5.97 Å². The number of carbonyl (C=O) groups is 1. The van der Waals surface area contributed by atoms with Gasteiger partial charge in [-0.25, -0.2) is 0 Å². The van der Waals surface area contributed by atoms with Gasteiger partial charge in [0.15, 0.2) is 5.16 Å². The highest BCUT2D eigenvalue weighted by atomic mass is 32.2. The van der Waals surface area contributed by atoms with Gasteiger partial charge in [0.1, 0.15) is 17.2 Å². The number of esters is 1. The van der Waals surface area contributed by atoms with Crippen molar-refractivity contribution in [1.82, 2.24) is 14.8 Å². The Bertz CT molecular complexity index is 679. The third kappa shape index (κ3) is 2.79. The van der Waals surface area contributed by atoms with E-state index in [9.17, 15) is 4.79 Å². The molecule has 1 aliphatic carbocycles. The second-order valence-electron chi connectivity index (χ2n) is 5.85. The molecule has 0 N–H and O–H groups in total. The van der Waals surface area contributed by atoms with Gasteiger partial charge in [0, 0.05) is 23.8 Å². The number of thiophene rings is 1. The largest absolute Gasteiger partial charge is 0.462 e. The summed E-state index contributed by atoms with van der Waals surface area (Å²) in [6.07, 6.45) is 3.92. The first kappa shape index (κ1) is 14.3. The topological polar surface area (TPSA) is 57.0 Å². The van der Waals surface area contributed by atoms with Crippen molar-refractivity contribution in [1.29, 1.82) is 0 Å². The lowest BCUT2D eigenvalue weighted by Gasteiger charge is -2.09. The molecule has 116 valence electrons. The number of aromatic nitrogens is 3. The molecule has 22 heavy (non-hydrogen) atoms. The maximum atomic E-state index is 11.9. The SMILES string of the molecule is C[C@@H]1C[C@H](Sc2nnc(Cc3cccs3)n2C2CC2)C(=O)O1. The fourth-order valence-electron chi connectivity index (χ4n) is 2.72. The van der Waals surface area contributed by atoms with Crippen LogP contribution in [0.2, 0.25) is 0 Å². The molecule has 0 bridgehead atoms. The van der Waals surface area contributed by atoms with Crippen LogP contribution >= 0.6 is 23.1 Å². The molecule has 0 unspecified atom stereocenters. The van der Waals surface area contributed by atoms with Crippen LogP contribution < -0.4 is 0 Å². The molecule has 4 rings (SSSR count). The molecule has 2 aromatic rings. The van der Waals surface area contributed by atoms with E-state index in [0.29, 0.717) is 6.04 Å². The van der Waals surface area contributed by atoms with Crippen molar-refractivity contribution in [2.45, 2.75) is 55.2 Å². The summed E-state index contributed by atoms with van der Waals surface area (Å²) in [5, 5.41) is 11.5. The monoisotopic (exact) mass is 335 g/mol. The lowest BCUT2D eigenvalue weighted by Crippen LogP contribution is -2.12. The van der Waals surface area contributed by atoms with Crippen LogP contribution in [0.4, 0.5) is 0 Å². The highest BCUT2D eigenvalue weighted by Crippen LogP contribution is 2.41. The van der Waals surface area contributed by atoms with Crippen LogP contribution in [-0.2, 0) is 16.0 Å². The first-order chi connectivity index (χ1) is 10.7. The predicted octanol–water partition coefficient (Wildman–Crippen LogP) is 3.06. The van der Waals surface area contributed by atoms with Gasteiger partial charge in [0.25, 0.3) is 0 Å². The number of nitrogens with zero attached hydrogens (tertiary/aromatic N) is 3. The van der Waals surface area contributed by atoms with E-state index in [-0.39, 0.29) is 17.3 Å². The Balaban J connectivity index is 1.57. The van der Waals surface area contributed by atoms with Crippen LogP contribution in [-0.4, -0.2) is 32.1 Å². The summed E-state index contributed by atoms with van der Waals surface area (Å²) < 4.78 is 7.48. The minimum atomic E-state index is -0.147. The number of carbonyl (C=O) groups excluding carboxylic acids is 1. The van der Waals surface area contributed by atoms with Crippen molar-refractivity contribution in [3.8, 4) is 0 Å². The molecular weight excluding hydrogens is 318 g/mol. The van der Waals surface area contributed by atoms with Gasteiger partial charge in [-0.05, 0) is 31.2 Å². The molecule has 0 radical (unpaired) electrons. The average molecular weight is 335 g/mol. The second-order valence-corrected chi connectivity index (χ2v) is 8.05. The molecular formula is C15H17N3O2S2. The predicted molar refractivity (Wildman–Crippen MR) is 85.2 cm³/mol. The average Bonchev–Trinajstić information content (AvgIpc) is 2.90. The zero-order valence-electron chi connectivity index (χ0n) is 12.3. The van der Waals surface area contributed by atoms with Crippen molar-refractivity contribution < 1.29 is 9.53 Å². The Labute approximate surface area is 137 Å². The Kier molecular flexibility index (Phi) is 3.69. The van der Waals surface area contributed by atoms with E-state index in [1.54, 1.807) is 11.3 Å². The van der Waals surface area contributed by atoms with E-state index in [0.717, 1.165) is 23.8 Å². The van der Waals surface area contributed by atoms with E-state index < -0.39 is 0 Å². The lowest BCUT2D eigenvalue weighted by atomic mass is 10.3. The summed E-state index contributed by atoms with van der Waals surface area (Å²) in [7, 11) is 0. The lowest BCUT2D eigenvalue weighted by molar-refractivity contribution is -0.140. The number of ether oxygens (including phenoxy) is 1. The summed E-state index contributed by atoms with van der Waals surface area (Å²) >= 11 is 3.25. The molecule has 7 heteroatoms. The van der Waals surface area contributed by atoms with Crippen LogP contribution in [0.3, 0.4) is 0 Å². The van der Waals surface area contributed by atoms with Crippen molar-refractivity contribution in [3.63, 3.8) is 0 Å². The Morgan fingerprint density at radius 2 is 2.32 bits per heavy atom. The number of thioether (sulfide) groups is 1. The van der Waals surface area contributed by atoms with Crippen molar-refractivity contribution in [2.24, 2.45) is 0 Å². The van der Waals surface area contributed by atoms with Gasteiger partial charge in [0.2, 0.25) is 0 Å². The number of cyclic esters (lactones) is 1. The van der Waals surface area contributed by atoms with Gasteiger partial charge in [0.05, 0.1) is 0 Å². The van der Waals surface area contributed by atoms with E-state index in [1.165, 1.54) is 29.5 Å². The Morgan fingerprint density at radius 1 is 1.45 bits per heavy atom. The minimum Gasteiger partial charge on any atom is -0.462 e. The second kappa shape index (κ2) is 5.70. The Morgan fingerprint density at radius 3 is 2.95 bits per heavy atom. The fourth-order valence-corrected chi connectivity index (χ4v) is 4.65. The quantitative estimate of drug-likeness (QED) is 0.786. The molecule has 0 amide bonds.